The zero-order valence-corrected chi connectivity index (χ0v) is 16.3. The predicted molar refractivity (Wildman–Crippen MR) is 107 cm³/mol. The molecule has 2 nitrogen and oxygen atoms in total. The van der Waals surface area contributed by atoms with Crippen molar-refractivity contribution in [1.29, 1.82) is 5.26 Å². The van der Waals surface area contributed by atoms with Gasteiger partial charge in [0.2, 0.25) is 0 Å². The molecule has 0 N–H and O–H groups in total. The van der Waals surface area contributed by atoms with E-state index in [-0.39, 0.29) is 0 Å². The summed E-state index contributed by atoms with van der Waals surface area (Å²) in [5, 5.41) is 10.4. The summed E-state index contributed by atoms with van der Waals surface area (Å²) in [5.41, 5.74) is 3.13. The Morgan fingerprint density at radius 3 is 2.60 bits per heavy atom. The Morgan fingerprint density at radius 1 is 1.12 bits per heavy atom. The van der Waals surface area contributed by atoms with Gasteiger partial charge >= 0.3 is 0 Å². The molecule has 0 amide bonds. The molecule has 25 heavy (non-hydrogen) atoms. The number of rotatable bonds is 3. The Balaban J connectivity index is 1.98. The fraction of sp³-hybridized carbons (Fsp3) is 0.0500. The van der Waals surface area contributed by atoms with Gasteiger partial charge in [-0.15, -0.1) is 0 Å². The van der Waals surface area contributed by atoms with Crippen LogP contribution >= 0.6 is 39.1 Å². The van der Waals surface area contributed by atoms with Crippen LogP contribution in [0.3, 0.4) is 0 Å². The Hall–Kier alpha value is -1.99. The molecule has 0 saturated heterocycles. The minimum absolute atomic E-state index is 0.408. The quantitative estimate of drug-likeness (QED) is 0.404. The van der Waals surface area contributed by atoms with Crippen molar-refractivity contribution in [3.63, 3.8) is 0 Å². The minimum Gasteiger partial charge on any atom is -0.457 e. The third-order valence-corrected chi connectivity index (χ3v) is 4.85. The molecule has 1 aromatic heterocycles. The Morgan fingerprint density at radius 2 is 1.92 bits per heavy atom. The summed E-state index contributed by atoms with van der Waals surface area (Å²) in [5.74, 6) is 1.29. The number of furan rings is 1. The number of allylic oxidation sites excluding steroid dienone is 1. The summed E-state index contributed by atoms with van der Waals surface area (Å²) in [7, 11) is 0. The molecule has 3 aromatic rings. The highest BCUT2D eigenvalue weighted by Gasteiger charge is 2.11. The third-order valence-electron chi connectivity index (χ3n) is 3.65. The molecule has 0 unspecified atom stereocenters. The van der Waals surface area contributed by atoms with Gasteiger partial charge in [-0.1, -0.05) is 51.3 Å². The van der Waals surface area contributed by atoms with Crippen LogP contribution in [0.2, 0.25) is 10.0 Å². The lowest BCUT2D eigenvalue weighted by molar-refractivity contribution is 0.571. The average Bonchev–Trinajstić information content (AvgIpc) is 3.01. The molecule has 124 valence electrons. The number of nitriles is 1. The zero-order chi connectivity index (χ0) is 18.0. The second-order valence-corrected chi connectivity index (χ2v) is 7.18. The molecule has 1 heterocycles. The normalized spacial score (nSPS) is 11.4. The molecule has 5 heteroatoms. The summed E-state index contributed by atoms with van der Waals surface area (Å²) < 4.78 is 6.84. The molecule has 0 aliphatic carbocycles. The molecule has 3 rings (SSSR count). The smallest absolute Gasteiger partial charge is 0.135 e. The van der Waals surface area contributed by atoms with Gasteiger partial charge in [-0.25, -0.2) is 0 Å². The number of hydrogen-bond acceptors (Lipinski definition) is 2. The lowest BCUT2D eigenvalue weighted by Gasteiger charge is -2.03. The van der Waals surface area contributed by atoms with Gasteiger partial charge in [-0.2, -0.15) is 5.26 Å². The first-order valence-electron chi connectivity index (χ1n) is 7.41. The minimum atomic E-state index is 0.408. The lowest BCUT2D eigenvalue weighted by Crippen LogP contribution is -1.83. The molecule has 0 spiro atoms. The monoisotopic (exact) mass is 431 g/mol. The maximum atomic E-state index is 9.47. The van der Waals surface area contributed by atoms with Gasteiger partial charge in [0.15, 0.2) is 0 Å². The third kappa shape index (κ3) is 3.99. The van der Waals surface area contributed by atoms with E-state index in [4.69, 9.17) is 27.6 Å². The predicted octanol–water partition coefficient (Wildman–Crippen LogP) is 7.39. The Labute approximate surface area is 164 Å². The second-order valence-electron chi connectivity index (χ2n) is 5.48. The first-order chi connectivity index (χ1) is 12.0. The Kier molecular flexibility index (Phi) is 5.34. The molecule has 2 aromatic carbocycles. The van der Waals surface area contributed by atoms with Gasteiger partial charge in [-0.3, -0.25) is 0 Å². The van der Waals surface area contributed by atoms with E-state index in [0.29, 0.717) is 26.9 Å². The van der Waals surface area contributed by atoms with E-state index in [1.165, 1.54) is 0 Å². The molecule has 0 aliphatic heterocycles. The topological polar surface area (TPSA) is 36.9 Å². The van der Waals surface area contributed by atoms with E-state index in [1.54, 1.807) is 24.3 Å². The van der Waals surface area contributed by atoms with Crippen LogP contribution in [0.15, 0.2) is 57.4 Å². The number of aryl methyl sites for hydroxylation is 1. The van der Waals surface area contributed by atoms with E-state index in [1.807, 2.05) is 37.3 Å². The summed E-state index contributed by atoms with van der Waals surface area (Å²) in [6, 6.07) is 16.9. The molecule has 0 radical (unpaired) electrons. The van der Waals surface area contributed by atoms with Gasteiger partial charge in [-0.05, 0) is 55.0 Å². The number of hydrogen-bond donors (Lipinski definition) is 0. The van der Waals surface area contributed by atoms with Crippen molar-refractivity contribution in [1.82, 2.24) is 0 Å². The van der Waals surface area contributed by atoms with E-state index >= 15 is 0 Å². The van der Waals surface area contributed by atoms with Crippen LogP contribution in [0.25, 0.3) is 23.0 Å². The first-order valence-corrected chi connectivity index (χ1v) is 8.96. The van der Waals surface area contributed by atoms with E-state index in [2.05, 4.69) is 22.0 Å². The van der Waals surface area contributed by atoms with Gasteiger partial charge in [0.05, 0.1) is 16.7 Å². The lowest BCUT2D eigenvalue weighted by atomic mass is 10.1. The summed E-state index contributed by atoms with van der Waals surface area (Å²) >= 11 is 15.7. The molecular formula is C20H12BrCl2NO. The van der Waals surface area contributed by atoms with Crippen LogP contribution in [0.1, 0.15) is 16.9 Å². The average molecular weight is 433 g/mol. The van der Waals surface area contributed by atoms with Crippen molar-refractivity contribution in [2.45, 2.75) is 6.92 Å². The highest BCUT2D eigenvalue weighted by molar-refractivity contribution is 9.10. The molecule has 0 saturated carbocycles. The molecule has 0 atom stereocenters. The van der Waals surface area contributed by atoms with Crippen LogP contribution < -0.4 is 0 Å². The molecule has 0 fully saturated rings. The van der Waals surface area contributed by atoms with Crippen LogP contribution in [0.5, 0.6) is 0 Å². The molecule has 0 aliphatic rings. The standard InChI is InChI=1S/C20H12BrCl2NO/c1-12-2-5-17(18(21)8-12)20-7-4-15(25-20)9-13(11-24)16-6-3-14(22)10-19(16)23/h2-10H,1H3/b13-9-. The SMILES string of the molecule is Cc1ccc(-c2ccc(/C=C(/C#N)c3ccc(Cl)cc3Cl)o2)c(Br)c1. The summed E-state index contributed by atoms with van der Waals surface area (Å²) in [4.78, 5) is 0. The van der Waals surface area contributed by atoms with Crippen molar-refractivity contribution < 1.29 is 4.42 Å². The zero-order valence-electron chi connectivity index (χ0n) is 13.2. The van der Waals surface area contributed by atoms with E-state index < -0.39 is 0 Å². The first kappa shape index (κ1) is 17.8. The van der Waals surface area contributed by atoms with Crippen LogP contribution in [-0.2, 0) is 0 Å². The van der Waals surface area contributed by atoms with Gasteiger partial charge < -0.3 is 4.42 Å². The van der Waals surface area contributed by atoms with E-state index in [0.717, 1.165) is 21.4 Å². The van der Waals surface area contributed by atoms with Crippen LogP contribution in [0.4, 0.5) is 0 Å². The highest BCUT2D eigenvalue weighted by Crippen LogP contribution is 2.32. The van der Waals surface area contributed by atoms with Crippen molar-refractivity contribution >= 4 is 50.8 Å². The maximum Gasteiger partial charge on any atom is 0.135 e. The van der Waals surface area contributed by atoms with Crippen molar-refractivity contribution in [2.75, 3.05) is 0 Å². The number of halogens is 3. The fourth-order valence-corrected chi connectivity index (χ4v) is 3.61. The second kappa shape index (κ2) is 7.49. The van der Waals surface area contributed by atoms with Crippen LogP contribution in [-0.4, -0.2) is 0 Å². The van der Waals surface area contributed by atoms with Crippen molar-refractivity contribution in [2.24, 2.45) is 0 Å². The van der Waals surface area contributed by atoms with E-state index in [9.17, 15) is 5.26 Å². The highest BCUT2D eigenvalue weighted by atomic mass is 79.9. The Bertz CT molecular complexity index is 1010. The van der Waals surface area contributed by atoms with Crippen LogP contribution in [0, 0.1) is 18.3 Å². The summed E-state index contributed by atoms with van der Waals surface area (Å²) in [6.45, 7) is 2.03. The summed E-state index contributed by atoms with van der Waals surface area (Å²) in [6.07, 6.45) is 1.67. The van der Waals surface area contributed by atoms with Gasteiger partial charge in [0.1, 0.15) is 11.5 Å². The number of nitrogens with zero attached hydrogens (tertiary/aromatic N) is 1. The fourth-order valence-electron chi connectivity index (χ4n) is 2.42. The van der Waals surface area contributed by atoms with Gasteiger partial charge in [0.25, 0.3) is 0 Å². The molecule has 0 bridgehead atoms. The van der Waals surface area contributed by atoms with Crippen molar-refractivity contribution in [3.05, 3.63) is 79.9 Å². The van der Waals surface area contributed by atoms with Gasteiger partial charge in [0, 0.05) is 20.6 Å². The maximum absolute atomic E-state index is 9.47. The number of benzene rings is 2. The van der Waals surface area contributed by atoms with Crippen molar-refractivity contribution in [3.8, 4) is 17.4 Å². The molecular weight excluding hydrogens is 421 g/mol. The largest absolute Gasteiger partial charge is 0.457 e.